The Bertz CT molecular complexity index is 343. The van der Waals surface area contributed by atoms with E-state index in [0.717, 1.165) is 18.5 Å². The fourth-order valence-corrected chi connectivity index (χ4v) is 2.09. The largest absolute Gasteiger partial charge is 0.314 e. The lowest BCUT2D eigenvalue weighted by molar-refractivity contribution is -0.0691. The summed E-state index contributed by atoms with van der Waals surface area (Å²) >= 11 is 11.7. The predicted octanol–water partition coefficient (Wildman–Crippen LogP) is 3.17. The van der Waals surface area contributed by atoms with Gasteiger partial charge in [-0.05, 0) is 24.1 Å². The maximum Gasteiger partial charge on any atom is 0.0595 e. The highest BCUT2D eigenvalue weighted by Crippen LogP contribution is 2.30. The second kappa shape index (κ2) is 4.07. The summed E-state index contributed by atoms with van der Waals surface area (Å²) in [4.78, 5) is 0. The maximum atomic E-state index is 9.26. The van der Waals surface area contributed by atoms with Gasteiger partial charge in [-0.3, -0.25) is 0 Å². The van der Waals surface area contributed by atoms with E-state index in [9.17, 15) is 5.21 Å². The quantitative estimate of drug-likeness (QED) is 0.803. The minimum absolute atomic E-state index is 0.370. The van der Waals surface area contributed by atoms with E-state index in [4.69, 9.17) is 23.2 Å². The number of benzene rings is 1. The first-order valence-corrected chi connectivity index (χ1v) is 5.31. The lowest BCUT2D eigenvalue weighted by Crippen LogP contribution is -2.14. The smallest absolute Gasteiger partial charge is 0.0595 e. The highest BCUT2D eigenvalue weighted by Gasteiger charge is 2.22. The SMILES string of the molecule is ON1CCC(c2ccc(Cl)c(Cl)c2)C1. The number of halogens is 2. The van der Waals surface area contributed by atoms with Crippen LogP contribution in [0.3, 0.4) is 0 Å². The van der Waals surface area contributed by atoms with Crippen molar-refractivity contribution in [1.29, 1.82) is 0 Å². The standard InChI is InChI=1S/C10H11Cl2NO/c11-9-2-1-7(5-10(9)12)8-3-4-13(14)6-8/h1-2,5,8,14H,3-4,6H2. The molecular weight excluding hydrogens is 221 g/mol. The van der Waals surface area contributed by atoms with Gasteiger partial charge in [0.05, 0.1) is 10.0 Å². The van der Waals surface area contributed by atoms with Crippen LogP contribution in [-0.2, 0) is 0 Å². The molecule has 1 atom stereocenters. The van der Waals surface area contributed by atoms with Crippen LogP contribution in [0.5, 0.6) is 0 Å². The van der Waals surface area contributed by atoms with Gasteiger partial charge in [-0.2, -0.15) is 5.06 Å². The Labute approximate surface area is 93.0 Å². The summed E-state index contributed by atoms with van der Waals surface area (Å²) in [7, 11) is 0. The van der Waals surface area contributed by atoms with Crippen LogP contribution in [0, 0.1) is 0 Å². The van der Waals surface area contributed by atoms with Crippen LogP contribution < -0.4 is 0 Å². The van der Waals surface area contributed by atoms with E-state index >= 15 is 0 Å². The molecule has 1 fully saturated rings. The molecule has 1 aliphatic rings. The number of hydroxylamine groups is 2. The molecule has 1 unspecified atom stereocenters. The Morgan fingerprint density at radius 2 is 2.07 bits per heavy atom. The summed E-state index contributed by atoms with van der Waals surface area (Å²) in [6.45, 7) is 1.41. The van der Waals surface area contributed by atoms with Crippen LogP contribution in [0.1, 0.15) is 17.9 Å². The van der Waals surface area contributed by atoms with Gasteiger partial charge in [0.25, 0.3) is 0 Å². The highest BCUT2D eigenvalue weighted by atomic mass is 35.5. The molecule has 4 heteroatoms. The summed E-state index contributed by atoms with van der Waals surface area (Å²) in [6.07, 6.45) is 0.967. The molecule has 76 valence electrons. The first-order chi connectivity index (χ1) is 6.66. The Morgan fingerprint density at radius 3 is 2.64 bits per heavy atom. The first-order valence-electron chi connectivity index (χ1n) is 4.55. The topological polar surface area (TPSA) is 23.5 Å². The Balaban J connectivity index is 2.20. The third-order valence-electron chi connectivity index (χ3n) is 2.58. The van der Waals surface area contributed by atoms with Crippen LogP contribution in [0.25, 0.3) is 0 Å². The Kier molecular flexibility index (Phi) is 2.98. The van der Waals surface area contributed by atoms with Crippen molar-refractivity contribution in [2.24, 2.45) is 0 Å². The molecule has 0 amide bonds. The minimum atomic E-state index is 0.370. The second-order valence-electron chi connectivity index (χ2n) is 3.57. The van der Waals surface area contributed by atoms with Crippen LogP contribution in [0.4, 0.5) is 0 Å². The molecule has 1 aromatic rings. The van der Waals surface area contributed by atoms with E-state index in [0.29, 0.717) is 22.5 Å². The van der Waals surface area contributed by atoms with Crippen LogP contribution in [0.2, 0.25) is 10.0 Å². The molecular formula is C10H11Cl2NO. The third kappa shape index (κ3) is 2.04. The van der Waals surface area contributed by atoms with Crippen molar-refractivity contribution in [2.75, 3.05) is 13.1 Å². The molecule has 2 nitrogen and oxygen atoms in total. The van der Waals surface area contributed by atoms with Crippen molar-refractivity contribution in [3.8, 4) is 0 Å². The molecule has 0 bridgehead atoms. The fourth-order valence-electron chi connectivity index (χ4n) is 1.78. The van der Waals surface area contributed by atoms with Crippen molar-refractivity contribution in [2.45, 2.75) is 12.3 Å². The molecule has 0 aromatic heterocycles. The molecule has 1 N–H and O–H groups in total. The molecule has 0 aliphatic carbocycles. The molecule has 1 aliphatic heterocycles. The number of hydrogen-bond acceptors (Lipinski definition) is 2. The average Bonchev–Trinajstić information content (AvgIpc) is 2.57. The highest BCUT2D eigenvalue weighted by molar-refractivity contribution is 6.42. The van der Waals surface area contributed by atoms with Crippen molar-refractivity contribution in [1.82, 2.24) is 5.06 Å². The molecule has 0 saturated carbocycles. The number of hydrogen-bond donors (Lipinski definition) is 1. The van der Waals surface area contributed by atoms with E-state index in [1.807, 2.05) is 12.1 Å². The Hall–Kier alpha value is -0.280. The van der Waals surface area contributed by atoms with Crippen molar-refractivity contribution >= 4 is 23.2 Å². The van der Waals surface area contributed by atoms with Crippen molar-refractivity contribution < 1.29 is 5.21 Å². The normalized spacial score (nSPS) is 22.9. The molecule has 1 heterocycles. The van der Waals surface area contributed by atoms with E-state index in [-0.39, 0.29) is 0 Å². The van der Waals surface area contributed by atoms with Gasteiger partial charge in [0, 0.05) is 19.0 Å². The molecule has 0 spiro atoms. The zero-order valence-corrected chi connectivity index (χ0v) is 9.09. The summed E-state index contributed by atoms with van der Waals surface area (Å²) in [5.41, 5.74) is 1.15. The van der Waals surface area contributed by atoms with Crippen molar-refractivity contribution in [3.05, 3.63) is 33.8 Å². The van der Waals surface area contributed by atoms with E-state index in [2.05, 4.69) is 0 Å². The van der Waals surface area contributed by atoms with Gasteiger partial charge < -0.3 is 5.21 Å². The minimum Gasteiger partial charge on any atom is -0.314 e. The summed E-state index contributed by atoms with van der Waals surface area (Å²) < 4.78 is 0. The van der Waals surface area contributed by atoms with Gasteiger partial charge >= 0.3 is 0 Å². The monoisotopic (exact) mass is 231 g/mol. The zero-order valence-electron chi connectivity index (χ0n) is 7.58. The van der Waals surface area contributed by atoms with Gasteiger partial charge in [0.2, 0.25) is 0 Å². The van der Waals surface area contributed by atoms with E-state index in [1.165, 1.54) is 5.06 Å². The van der Waals surface area contributed by atoms with Gasteiger partial charge in [-0.25, -0.2) is 0 Å². The number of nitrogens with zero attached hydrogens (tertiary/aromatic N) is 1. The van der Waals surface area contributed by atoms with Crippen LogP contribution in [0.15, 0.2) is 18.2 Å². The van der Waals surface area contributed by atoms with E-state index < -0.39 is 0 Å². The van der Waals surface area contributed by atoms with Crippen LogP contribution >= 0.6 is 23.2 Å². The zero-order chi connectivity index (χ0) is 10.1. The fraction of sp³-hybridized carbons (Fsp3) is 0.400. The maximum absolute atomic E-state index is 9.26. The van der Waals surface area contributed by atoms with Gasteiger partial charge in [0.15, 0.2) is 0 Å². The molecule has 14 heavy (non-hydrogen) atoms. The van der Waals surface area contributed by atoms with Gasteiger partial charge in [0.1, 0.15) is 0 Å². The van der Waals surface area contributed by atoms with Gasteiger partial charge in [-0.1, -0.05) is 29.3 Å². The first kappa shape index (κ1) is 10.2. The van der Waals surface area contributed by atoms with E-state index in [1.54, 1.807) is 6.07 Å². The molecule has 1 saturated heterocycles. The van der Waals surface area contributed by atoms with Crippen LogP contribution in [-0.4, -0.2) is 23.4 Å². The summed E-state index contributed by atoms with van der Waals surface area (Å²) in [5.74, 6) is 0.370. The Morgan fingerprint density at radius 1 is 1.29 bits per heavy atom. The number of rotatable bonds is 1. The summed E-state index contributed by atoms with van der Waals surface area (Å²) in [6, 6.07) is 5.66. The average molecular weight is 232 g/mol. The molecule has 0 radical (unpaired) electrons. The molecule has 2 rings (SSSR count). The summed E-state index contributed by atoms with van der Waals surface area (Å²) in [5, 5.41) is 11.8. The predicted molar refractivity (Wildman–Crippen MR) is 57.2 cm³/mol. The van der Waals surface area contributed by atoms with Crippen molar-refractivity contribution in [3.63, 3.8) is 0 Å². The lowest BCUT2D eigenvalue weighted by Gasteiger charge is -2.10. The second-order valence-corrected chi connectivity index (χ2v) is 4.39. The lowest BCUT2D eigenvalue weighted by atomic mass is 9.99. The third-order valence-corrected chi connectivity index (χ3v) is 3.32. The van der Waals surface area contributed by atoms with Gasteiger partial charge in [-0.15, -0.1) is 0 Å². The molecule has 1 aromatic carbocycles.